The predicted molar refractivity (Wildman–Crippen MR) is 88.6 cm³/mol. The Morgan fingerprint density at radius 3 is 2.78 bits per heavy atom. The molecule has 0 saturated carbocycles. The Kier molecular flexibility index (Phi) is 3.02. The fourth-order valence-electron chi connectivity index (χ4n) is 2.65. The molecule has 0 N–H and O–H groups in total. The number of fused-ring (bicyclic) bond motifs is 3. The van der Waals surface area contributed by atoms with Crippen molar-refractivity contribution >= 4 is 39.2 Å². The van der Waals surface area contributed by atoms with E-state index in [0.717, 1.165) is 5.56 Å². The fraction of sp³-hybridized carbons (Fsp3) is 0. The Labute approximate surface area is 135 Å². The third kappa shape index (κ3) is 2.22. The minimum Gasteiger partial charge on any atom is -0.454 e. The number of benzene rings is 2. The van der Waals surface area contributed by atoms with Gasteiger partial charge in [-0.05, 0) is 30.3 Å². The summed E-state index contributed by atoms with van der Waals surface area (Å²) in [6.45, 7) is 0. The molecule has 0 aliphatic heterocycles. The standard InChI is InChI=1S/C17H9ClN2O3/c18-12-4-1-3-10(7-12)15-9-11-8-14(20(21)22)13-5-2-6-19-16(13)17(11)23-15/h1-9H. The summed E-state index contributed by atoms with van der Waals surface area (Å²) in [5.41, 5.74) is 1.82. The summed E-state index contributed by atoms with van der Waals surface area (Å²) in [5.74, 6) is 0.593. The van der Waals surface area contributed by atoms with E-state index in [4.69, 9.17) is 16.0 Å². The first-order chi connectivity index (χ1) is 11.1. The summed E-state index contributed by atoms with van der Waals surface area (Å²) in [4.78, 5) is 15.2. The van der Waals surface area contributed by atoms with Crippen LogP contribution in [0, 0.1) is 10.1 Å². The highest BCUT2D eigenvalue weighted by atomic mass is 35.5. The molecular weight excluding hydrogens is 316 g/mol. The average Bonchev–Trinajstić information content (AvgIpc) is 2.98. The van der Waals surface area contributed by atoms with Gasteiger partial charge >= 0.3 is 0 Å². The van der Waals surface area contributed by atoms with Crippen LogP contribution in [0.5, 0.6) is 0 Å². The summed E-state index contributed by atoms with van der Waals surface area (Å²) in [5, 5.41) is 13.0. The smallest absolute Gasteiger partial charge is 0.279 e. The van der Waals surface area contributed by atoms with Gasteiger partial charge in [0.25, 0.3) is 5.69 Å². The molecule has 112 valence electrons. The van der Waals surface area contributed by atoms with Crippen molar-refractivity contribution in [2.24, 2.45) is 0 Å². The van der Waals surface area contributed by atoms with E-state index in [-0.39, 0.29) is 5.69 Å². The fourth-order valence-corrected chi connectivity index (χ4v) is 2.84. The molecule has 5 nitrogen and oxygen atoms in total. The normalized spacial score (nSPS) is 11.2. The van der Waals surface area contributed by atoms with E-state index in [1.54, 1.807) is 36.5 Å². The quantitative estimate of drug-likeness (QED) is 0.375. The number of halogens is 1. The van der Waals surface area contributed by atoms with E-state index in [2.05, 4.69) is 4.98 Å². The van der Waals surface area contributed by atoms with Crippen molar-refractivity contribution in [3.63, 3.8) is 0 Å². The summed E-state index contributed by atoms with van der Waals surface area (Å²) >= 11 is 6.01. The molecular formula is C17H9ClN2O3. The van der Waals surface area contributed by atoms with Gasteiger partial charge in [0.15, 0.2) is 5.58 Å². The van der Waals surface area contributed by atoms with Crippen LogP contribution in [-0.4, -0.2) is 9.91 Å². The van der Waals surface area contributed by atoms with Gasteiger partial charge in [0, 0.05) is 28.2 Å². The zero-order valence-electron chi connectivity index (χ0n) is 11.7. The molecule has 4 aromatic rings. The lowest BCUT2D eigenvalue weighted by Gasteiger charge is -1.99. The molecule has 0 bridgehead atoms. The van der Waals surface area contributed by atoms with Crippen molar-refractivity contribution in [3.05, 3.63) is 69.9 Å². The molecule has 0 saturated heterocycles. The van der Waals surface area contributed by atoms with Crippen LogP contribution in [-0.2, 0) is 0 Å². The van der Waals surface area contributed by atoms with Gasteiger partial charge in [-0.3, -0.25) is 15.1 Å². The lowest BCUT2D eigenvalue weighted by Crippen LogP contribution is -1.90. The molecule has 23 heavy (non-hydrogen) atoms. The van der Waals surface area contributed by atoms with Gasteiger partial charge in [-0.2, -0.15) is 0 Å². The van der Waals surface area contributed by atoms with Gasteiger partial charge in [0.2, 0.25) is 0 Å². The number of nitrogens with zero attached hydrogens (tertiary/aromatic N) is 2. The highest BCUT2D eigenvalue weighted by Gasteiger charge is 2.19. The van der Waals surface area contributed by atoms with Crippen molar-refractivity contribution in [1.82, 2.24) is 4.98 Å². The van der Waals surface area contributed by atoms with Gasteiger partial charge in [0.05, 0.1) is 10.3 Å². The molecule has 0 aliphatic carbocycles. The first-order valence-electron chi connectivity index (χ1n) is 6.85. The number of nitro benzene ring substituents is 1. The zero-order valence-corrected chi connectivity index (χ0v) is 12.4. The highest BCUT2D eigenvalue weighted by molar-refractivity contribution is 6.30. The van der Waals surface area contributed by atoms with Gasteiger partial charge < -0.3 is 4.42 Å². The van der Waals surface area contributed by atoms with Crippen LogP contribution in [0.3, 0.4) is 0 Å². The molecule has 0 unspecified atom stereocenters. The number of pyridine rings is 1. The third-order valence-electron chi connectivity index (χ3n) is 3.66. The molecule has 2 heterocycles. The molecule has 0 amide bonds. The SMILES string of the molecule is O=[N+]([O-])c1cc2cc(-c3cccc(Cl)c3)oc2c2ncccc12. The first kappa shape index (κ1) is 13.7. The van der Waals surface area contributed by atoms with Crippen molar-refractivity contribution < 1.29 is 9.34 Å². The Balaban J connectivity index is 2.06. The molecule has 0 atom stereocenters. The third-order valence-corrected chi connectivity index (χ3v) is 3.89. The minimum atomic E-state index is -0.407. The second-order valence-electron chi connectivity index (χ2n) is 5.09. The molecule has 0 fully saturated rings. The van der Waals surface area contributed by atoms with E-state index in [0.29, 0.717) is 32.7 Å². The average molecular weight is 325 g/mol. The summed E-state index contributed by atoms with van der Waals surface area (Å²) in [6.07, 6.45) is 1.59. The first-order valence-corrected chi connectivity index (χ1v) is 7.23. The number of hydrogen-bond donors (Lipinski definition) is 0. The number of nitro groups is 1. The Morgan fingerprint density at radius 2 is 2.00 bits per heavy atom. The maximum atomic E-state index is 11.3. The van der Waals surface area contributed by atoms with Crippen molar-refractivity contribution in [2.75, 3.05) is 0 Å². The summed E-state index contributed by atoms with van der Waals surface area (Å²) in [6, 6.07) is 13.9. The number of aromatic nitrogens is 1. The maximum Gasteiger partial charge on any atom is 0.279 e. The Morgan fingerprint density at radius 1 is 1.13 bits per heavy atom. The van der Waals surface area contributed by atoms with E-state index >= 15 is 0 Å². The topological polar surface area (TPSA) is 69.2 Å². The van der Waals surface area contributed by atoms with Gasteiger partial charge in [0.1, 0.15) is 11.3 Å². The molecule has 2 aromatic heterocycles. The predicted octanol–water partition coefficient (Wildman–Crippen LogP) is 5.21. The van der Waals surface area contributed by atoms with Crippen LogP contribution >= 0.6 is 11.6 Å². The van der Waals surface area contributed by atoms with Gasteiger partial charge in [-0.25, -0.2) is 0 Å². The molecule has 4 rings (SSSR count). The van der Waals surface area contributed by atoms with Crippen LogP contribution < -0.4 is 0 Å². The van der Waals surface area contributed by atoms with Crippen molar-refractivity contribution in [3.8, 4) is 11.3 Å². The minimum absolute atomic E-state index is 0.0130. The van der Waals surface area contributed by atoms with E-state index in [1.807, 2.05) is 12.1 Å². The molecule has 0 spiro atoms. The van der Waals surface area contributed by atoms with Crippen LogP contribution in [0.1, 0.15) is 0 Å². The summed E-state index contributed by atoms with van der Waals surface area (Å²) < 4.78 is 5.91. The largest absolute Gasteiger partial charge is 0.454 e. The van der Waals surface area contributed by atoms with Crippen molar-refractivity contribution in [2.45, 2.75) is 0 Å². The number of hydrogen-bond acceptors (Lipinski definition) is 4. The van der Waals surface area contributed by atoms with Crippen LogP contribution in [0.25, 0.3) is 33.2 Å². The monoisotopic (exact) mass is 324 g/mol. The number of non-ortho nitro benzene ring substituents is 1. The van der Waals surface area contributed by atoms with Crippen molar-refractivity contribution in [1.29, 1.82) is 0 Å². The Hall–Kier alpha value is -2.92. The molecule has 6 heteroatoms. The summed E-state index contributed by atoms with van der Waals surface area (Å²) in [7, 11) is 0. The molecule has 2 aromatic carbocycles. The second kappa shape index (κ2) is 5.07. The lowest BCUT2D eigenvalue weighted by atomic mass is 10.1. The lowest BCUT2D eigenvalue weighted by molar-refractivity contribution is -0.382. The van der Waals surface area contributed by atoms with Crippen LogP contribution in [0.2, 0.25) is 5.02 Å². The maximum absolute atomic E-state index is 11.3. The van der Waals surface area contributed by atoms with E-state index < -0.39 is 4.92 Å². The number of furan rings is 1. The zero-order chi connectivity index (χ0) is 16.0. The highest BCUT2D eigenvalue weighted by Crippen LogP contribution is 2.36. The van der Waals surface area contributed by atoms with E-state index in [1.165, 1.54) is 6.07 Å². The second-order valence-corrected chi connectivity index (χ2v) is 5.53. The van der Waals surface area contributed by atoms with Gasteiger partial charge in [-0.15, -0.1) is 0 Å². The number of rotatable bonds is 2. The van der Waals surface area contributed by atoms with Gasteiger partial charge in [-0.1, -0.05) is 23.7 Å². The molecule has 0 aliphatic rings. The Bertz CT molecular complexity index is 1070. The van der Waals surface area contributed by atoms with Crippen LogP contribution in [0.4, 0.5) is 5.69 Å². The van der Waals surface area contributed by atoms with E-state index in [9.17, 15) is 10.1 Å². The van der Waals surface area contributed by atoms with Crippen LogP contribution in [0.15, 0.2) is 59.1 Å². The molecule has 0 radical (unpaired) electrons.